The highest BCUT2D eigenvalue weighted by atomic mass is 127. The Balaban J connectivity index is 1.88. The summed E-state index contributed by atoms with van der Waals surface area (Å²) in [6.45, 7) is 0.542. The van der Waals surface area contributed by atoms with Crippen LogP contribution in [0.25, 0.3) is 0 Å². The molecule has 2 unspecified atom stereocenters. The second kappa shape index (κ2) is 9.61. The summed E-state index contributed by atoms with van der Waals surface area (Å²) in [7, 11) is 1.67. The van der Waals surface area contributed by atoms with Crippen molar-refractivity contribution in [1.29, 1.82) is 0 Å². The van der Waals surface area contributed by atoms with Gasteiger partial charge >= 0.3 is 0 Å². The fourth-order valence-corrected chi connectivity index (χ4v) is 3.38. The van der Waals surface area contributed by atoms with Gasteiger partial charge in [-0.15, -0.1) is 0 Å². The number of halogens is 2. The van der Waals surface area contributed by atoms with Crippen molar-refractivity contribution >= 4 is 38.5 Å². The summed E-state index contributed by atoms with van der Waals surface area (Å²) >= 11 is 5.82. The fourth-order valence-electron chi connectivity index (χ4n) is 2.34. The molecule has 0 aromatic heterocycles. The van der Waals surface area contributed by atoms with Crippen LogP contribution in [0.3, 0.4) is 0 Å². The number of aliphatic hydroxyl groups excluding tert-OH is 1. The van der Waals surface area contributed by atoms with Crippen LogP contribution in [0.1, 0.15) is 17.2 Å². The topological polar surface area (TPSA) is 41.5 Å². The molecule has 0 spiro atoms. The van der Waals surface area contributed by atoms with Crippen LogP contribution in [0.5, 0.6) is 5.75 Å². The van der Waals surface area contributed by atoms with Crippen molar-refractivity contribution in [3.05, 3.63) is 64.1 Å². The lowest BCUT2D eigenvalue weighted by Crippen LogP contribution is -2.35. The molecule has 0 radical (unpaired) electrons. The molecule has 2 aromatic rings. The first-order valence-corrected chi connectivity index (χ1v) is 9.80. The molecule has 0 heterocycles. The highest BCUT2D eigenvalue weighted by Crippen LogP contribution is 2.18. The predicted octanol–water partition coefficient (Wildman–Crippen LogP) is 4.13. The Bertz CT molecular complexity index is 606. The van der Waals surface area contributed by atoms with Crippen LogP contribution < -0.4 is 10.1 Å². The van der Waals surface area contributed by atoms with Crippen molar-refractivity contribution < 1.29 is 9.84 Å². The SMILES string of the molecule is COc1ccc(CC(CI)NCC(O)c2cccc(Br)c2)cc1. The van der Waals surface area contributed by atoms with Gasteiger partial charge in [0.05, 0.1) is 13.2 Å². The van der Waals surface area contributed by atoms with E-state index in [-0.39, 0.29) is 0 Å². The molecule has 2 atom stereocenters. The smallest absolute Gasteiger partial charge is 0.118 e. The van der Waals surface area contributed by atoms with E-state index < -0.39 is 6.10 Å². The first kappa shape index (κ1) is 18.7. The Morgan fingerprint density at radius 3 is 2.57 bits per heavy atom. The number of methoxy groups -OCH3 is 1. The van der Waals surface area contributed by atoms with E-state index >= 15 is 0 Å². The van der Waals surface area contributed by atoms with Gasteiger partial charge in [0.2, 0.25) is 0 Å². The Morgan fingerprint density at radius 1 is 1.22 bits per heavy atom. The number of nitrogens with one attached hydrogen (secondary N) is 1. The average Bonchev–Trinajstić information content (AvgIpc) is 2.58. The molecule has 124 valence electrons. The molecule has 0 aliphatic carbocycles. The maximum absolute atomic E-state index is 10.3. The highest BCUT2D eigenvalue weighted by molar-refractivity contribution is 14.1. The third kappa shape index (κ3) is 6.06. The number of ether oxygens (including phenoxy) is 1. The third-order valence-corrected chi connectivity index (χ3v) is 5.22. The zero-order valence-electron chi connectivity index (χ0n) is 13.0. The molecule has 0 saturated carbocycles. The van der Waals surface area contributed by atoms with E-state index in [1.54, 1.807) is 7.11 Å². The van der Waals surface area contributed by atoms with Crippen LogP contribution in [0.15, 0.2) is 53.0 Å². The van der Waals surface area contributed by atoms with E-state index in [2.05, 4.69) is 56.0 Å². The van der Waals surface area contributed by atoms with Crippen LogP contribution in [0, 0.1) is 0 Å². The van der Waals surface area contributed by atoms with Gasteiger partial charge < -0.3 is 15.2 Å². The van der Waals surface area contributed by atoms with Crippen LogP contribution in [0.4, 0.5) is 0 Å². The molecule has 0 bridgehead atoms. The van der Waals surface area contributed by atoms with Crippen LogP contribution >= 0.6 is 38.5 Å². The van der Waals surface area contributed by atoms with Gasteiger partial charge in [0.15, 0.2) is 0 Å². The van der Waals surface area contributed by atoms with Crippen molar-refractivity contribution in [2.75, 3.05) is 18.1 Å². The quantitative estimate of drug-likeness (QED) is 0.432. The number of alkyl halides is 1. The van der Waals surface area contributed by atoms with Crippen LogP contribution in [0.2, 0.25) is 0 Å². The van der Waals surface area contributed by atoms with Gasteiger partial charge in [-0.25, -0.2) is 0 Å². The molecule has 23 heavy (non-hydrogen) atoms. The molecule has 2 N–H and O–H groups in total. The predicted molar refractivity (Wildman–Crippen MR) is 106 cm³/mol. The zero-order chi connectivity index (χ0) is 16.7. The first-order chi connectivity index (χ1) is 11.1. The summed E-state index contributed by atoms with van der Waals surface area (Å²) in [4.78, 5) is 0. The molecule has 5 heteroatoms. The molecular weight excluding hydrogens is 469 g/mol. The molecule has 2 aromatic carbocycles. The second-order valence-corrected chi connectivity index (χ2v) is 7.18. The number of benzene rings is 2. The summed E-state index contributed by atoms with van der Waals surface area (Å²) in [6.07, 6.45) is 0.423. The zero-order valence-corrected chi connectivity index (χ0v) is 16.7. The monoisotopic (exact) mass is 489 g/mol. The Morgan fingerprint density at radius 2 is 1.96 bits per heavy atom. The minimum Gasteiger partial charge on any atom is -0.497 e. The van der Waals surface area contributed by atoms with Gasteiger partial charge in [-0.1, -0.05) is 62.8 Å². The molecule has 2 rings (SSSR count). The molecule has 0 aliphatic heterocycles. The normalized spacial score (nSPS) is 13.6. The van der Waals surface area contributed by atoms with Gasteiger partial charge in [0.25, 0.3) is 0 Å². The first-order valence-electron chi connectivity index (χ1n) is 7.48. The van der Waals surface area contributed by atoms with Crippen molar-refractivity contribution in [2.45, 2.75) is 18.6 Å². The lowest BCUT2D eigenvalue weighted by Gasteiger charge is -2.19. The molecule has 0 aliphatic rings. The van der Waals surface area contributed by atoms with Crippen molar-refractivity contribution in [1.82, 2.24) is 5.32 Å². The lowest BCUT2D eigenvalue weighted by atomic mass is 10.1. The summed E-state index contributed by atoms with van der Waals surface area (Å²) in [5.74, 6) is 0.873. The molecule has 0 amide bonds. The van der Waals surface area contributed by atoms with E-state index in [1.807, 2.05) is 36.4 Å². The van der Waals surface area contributed by atoms with E-state index in [0.29, 0.717) is 12.6 Å². The van der Waals surface area contributed by atoms with Crippen molar-refractivity contribution in [3.8, 4) is 5.75 Å². The number of rotatable bonds is 8. The largest absolute Gasteiger partial charge is 0.497 e. The fraction of sp³-hybridized carbons (Fsp3) is 0.333. The summed E-state index contributed by atoms with van der Waals surface area (Å²) in [5.41, 5.74) is 2.18. The van der Waals surface area contributed by atoms with E-state index in [9.17, 15) is 5.11 Å². The van der Waals surface area contributed by atoms with Gasteiger partial charge in [0, 0.05) is 21.5 Å². The Kier molecular flexibility index (Phi) is 7.82. The highest BCUT2D eigenvalue weighted by Gasteiger charge is 2.12. The maximum Gasteiger partial charge on any atom is 0.118 e. The Hall–Kier alpha value is -0.630. The summed E-state index contributed by atoms with van der Waals surface area (Å²) in [6, 6.07) is 16.3. The van der Waals surface area contributed by atoms with Crippen molar-refractivity contribution in [3.63, 3.8) is 0 Å². The number of hydrogen-bond acceptors (Lipinski definition) is 3. The number of aliphatic hydroxyl groups is 1. The van der Waals surface area contributed by atoms with E-state index in [1.165, 1.54) is 5.56 Å². The second-order valence-electron chi connectivity index (χ2n) is 5.38. The van der Waals surface area contributed by atoms with Gasteiger partial charge in [-0.05, 0) is 41.8 Å². The summed E-state index contributed by atoms with van der Waals surface area (Å²) < 4.78 is 7.15. The van der Waals surface area contributed by atoms with Crippen LogP contribution in [-0.2, 0) is 6.42 Å². The Labute approximate surface area is 159 Å². The molecule has 0 fully saturated rings. The van der Waals surface area contributed by atoms with Gasteiger partial charge in [-0.2, -0.15) is 0 Å². The maximum atomic E-state index is 10.3. The van der Waals surface area contributed by atoms with Gasteiger partial charge in [-0.3, -0.25) is 0 Å². The summed E-state index contributed by atoms with van der Waals surface area (Å²) in [5, 5.41) is 13.8. The third-order valence-electron chi connectivity index (χ3n) is 3.66. The minimum absolute atomic E-state index is 0.325. The molecular formula is C18H21BrINO2. The minimum atomic E-state index is -0.506. The molecule has 0 saturated heterocycles. The van der Waals surface area contributed by atoms with Gasteiger partial charge in [0.1, 0.15) is 5.75 Å². The average molecular weight is 490 g/mol. The molecule has 3 nitrogen and oxygen atoms in total. The van der Waals surface area contributed by atoms with E-state index in [4.69, 9.17) is 4.74 Å². The van der Waals surface area contributed by atoms with Crippen LogP contribution in [-0.4, -0.2) is 29.2 Å². The van der Waals surface area contributed by atoms with E-state index in [0.717, 1.165) is 26.6 Å². The van der Waals surface area contributed by atoms with Crippen molar-refractivity contribution in [2.24, 2.45) is 0 Å². The number of hydrogen-bond donors (Lipinski definition) is 2. The standard InChI is InChI=1S/C18H21BrINO2/c1-23-17-7-5-13(6-8-17)9-16(11-20)21-12-18(22)14-3-2-4-15(19)10-14/h2-8,10,16,18,21-22H,9,11-12H2,1H3. The lowest BCUT2D eigenvalue weighted by molar-refractivity contribution is 0.171.